The molecule has 3 aromatic rings. The van der Waals surface area contributed by atoms with E-state index in [-0.39, 0.29) is 12.5 Å². The molecule has 0 bridgehead atoms. The van der Waals surface area contributed by atoms with Gasteiger partial charge in [-0.15, -0.1) is 0 Å². The van der Waals surface area contributed by atoms with Crippen LogP contribution in [0, 0.1) is 23.2 Å². The van der Waals surface area contributed by atoms with Crippen molar-refractivity contribution in [3.63, 3.8) is 0 Å². The van der Waals surface area contributed by atoms with Crippen LogP contribution in [0.5, 0.6) is 0 Å². The Morgan fingerprint density at radius 3 is 2.19 bits per heavy atom. The molecule has 0 saturated carbocycles. The zero-order valence-corrected chi connectivity index (χ0v) is 14.6. The third kappa shape index (κ3) is 5.49. The topological polar surface area (TPSA) is 64.9 Å². The predicted octanol–water partition coefficient (Wildman–Crippen LogP) is 4.01. The van der Waals surface area contributed by atoms with Crippen molar-refractivity contribution in [3.8, 4) is 17.9 Å². The van der Waals surface area contributed by atoms with Crippen LogP contribution in [0.3, 0.4) is 0 Å². The summed E-state index contributed by atoms with van der Waals surface area (Å²) in [6.07, 6.45) is 0. The molecule has 0 atom stereocenters. The van der Waals surface area contributed by atoms with E-state index in [0.717, 1.165) is 16.8 Å². The van der Waals surface area contributed by atoms with Gasteiger partial charge in [0.2, 0.25) is 5.91 Å². The van der Waals surface area contributed by atoms with E-state index in [2.05, 4.69) is 22.5 Å². The number of carbonyl (C=O) groups is 1. The van der Waals surface area contributed by atoms with Crippen LogP contribution in [-0.4, -0.2) is 12.5 Å². The van der Waals surface area contributed by atoms with Gasteiger partial charge >= 0.3 is 0 Å². The third-order valence-corrected chi connectivity index (χ3v) is 3.72. The molecule has 0 aliphatic heterocycles. The van der Waals surface area contributed by atoms with Gasteiger partial charge in [0.1, 0.15) is 0 Å². The number of benzene rings is 3. The molecular weight excluding hydrogens is 334 g/mol. The quantitative estimate of drug-likeness (QED) is 0.698. The van der Waals surface area contributed by atoms with E-state index in [0.29, 0.717) is 11.3 Å². The maximum Gasteiger partial charge on any atom is 0.243 e. The molecule has 1 amide bonds. The first-order chi connectivity index (χ1) is 13.2. The highest BCUT2D eigenvalue weighted by Gasteiger charge is 2.03. The molecular formula is C23H17N3O. The Kier molecular flexibility index (Phi) is 5.86. The Balaban J connectivity index is 1.59. The predicted molar refractivity (Wildman–Crippen MR) is 107 cm³/mol. The Hall–Kier alpha value is -4.02. The zero-order valence-electron chi connectivity index (χ0n) is 14.6. The van der Waals surface area contributed by atoms with Gasteiger partial charge in [-0.05, 0) is 48.5 Å². The molecule has 4 nitrogen and oxygen atoms in total. The number of nitrogens with zero attached hydrogens (tertiary/aromatic N) is 1. The summed E-state index contributed by atoms with van der Waals surface area (Å²) < 4.78 is 0. The number of nitrogens with one attached hydrogen (secondary N) is 2. The second-order valence-electron chi connectivity index (χ2n) is 5.79. The lowest BCUT2D eigenvalue weighted by molar-refractivity contribution is -0.114. The van der Waals surface area contributed by atoms with Crippen molar-refractivity contribution in [2.75, 3.05) is 17.2 Å². The van der Waals surface area contributed by atoms with Crippen LogP contribution in [0.1, 0.15) is 16.7 Å². The van der Waals surface area contributed by atoms with E-state index in [1.165, 1.54) is 0 Å². The summed E-state index contributed by atoms with van der Waals surface area (Å²) in [5.41, 5.74) is 3.74. The molecule has 0 radical (unpaired) electrons. The van der Waals surface area contributed by atoms with Gasteiger partial charge in [-0.2, -0.15) is 5.26 Å². The molecule has 2 N–H and O–H groups in total. The summed E-state index contributed by atoms with van der Waals surface area (Å²) in [4.78, 5) is 12.1. The van der Waals surface area contributed by atoms with Gasteiger partial charge in [0.15, 0.2) is 0 Å². The SMILES string of the molecule is N#Cc1cccc(NC(=O)CNc2cccc(C#Cc3ccccc3)c2)c1. The smallest absolute Gasteiger partial charge is 0.243 e. The third-order valence-electron chi connectivity index (χ3n) is 3.72. The van der Waals surface area contributed by atoms with Crippen molar-refractivity contribution in [1.29, 1.82) is 5.26 Å². The molecule has 0 aliphatic rings. The van der Waals surface area contributed by atoms with Crippen molar-refractivity contribution in [3.05, 3.63) is 95.6 Å². The molecule has 0 aliphatic carbocycles. The molecule has 0 unspecified atom stereocenters. The van der Waals surface area contributed by atoms with Crippen molar-refractivity contribution < 1.29 is 4.79 Å². The van der Waals surface area contributed by atoms with Crippen LogP contribution in [0.2, 0.25) is 0 Å². The number of anilines is 2. The maximum absolute atomic E-state index is 12.1. The summed E-state index contributed by atoms with van der Waals surface area (Å²) in [5.74, 6) is 6.04. The molecule has 3 rings (SSSR count). The molecule has 3 aromatic carbocycles. The van der Waals surface area contributed by atoms with Crippen LogP contribution in [-0.2, 0) is 4.79 Å². The van der Waals surface area contributed by atoms with E-state index in [4.69, 9.17) is 5.26 Å². The molecule has 0 fully saturated rings. The van der Waals surface area contributed by atoms with E-state index in [1.807, 2.05) is 60.7 Å². The van der Waals surface area contributed by atoms with E-state index in [1.54, 1.807) is 24.3 Å². The molecule has 4 heteroatoms. The van der Waals surface area contributed by atoms with Gasteiger partial charge in [0.05, 0.1) is 18.2 Å². The van der Waals surface area contributed by atoms with E-state index >= 15 is 0 Å². The molecule has 130 valence electrons. The lowest BCUT2D eigenvalue weighted by Crippen LogP contribution is -2.21. The summed E-state index contributed by atoms with van der Waals surface area (Å²) >= 11 is 0. The number of rotatable bonds is 4. The van der Waals surface area contributed by atoms with Crippen LogP contribution < -0.4 is 10.6 Å². The summed E-state index contributed by atoms with van der Waals surface area (Å²) in [6.45, 7) is 0.117. The minimum absolute atomic E-state index is 0.117. The van der Waals surface area contributed by atoms with Crippen molar-refractivity contribution in [2.24, 2.45) is 0 Å². The maximum atomic E-state index is 12.1. The number of carbonyl (C=O) groups excluding carboxylic acids is 1. The van der Waals surface area contributed by atoms with E-state index < -0.39 is 0 Å². The van der Waals surface area contributed by atoms with E-state index in [9.17, 15) is 4.79 Å². The number of hydrogen-bond acceptors (Lipinski definition) is 3. The Morgan fingerprint density at radius 1 is 0.778 bits per heavy atom. The summed E-state index contributed by atoms with van der Waals surface area (Å²) in [6, 6.07) is 26.2. The fourth-order valence-electron chi connectivity index (χ4n) is 2.43. The van der Waals surface area contributed by atoms with Gasteiger partial charge in [0.25, 0.3) is 0 Å². The summed E-state index contributed by atoms with van der Waals surface area (Å²) in [5, 5.41) is 14.8. The van der Waals surface area contributed by atoms with Gasteiger partial charge < -0.3 is 10.6 Å². The Bertz CT molecular complexity index is 1040. The minimum atomic E-state index is -0.189. The first-order valence-electron chi connectivity index (χ1n) is 8.44. The van der Waals surface area contributed by atoms with Gasteiger partial charge in [-0.1, -0.05) is 42.2 Å². The van der Waals surface area contributed by atoms with Crippen molar-refractivity contribution in [2.45, 2.75) is 0 Å². The van der Waals surface area contributed by atoms with Crippen molar-refractivity contribution in [1.82, 2.24) is 0 Å². The average molecular weight is 351 g/mol. The first kappa shape index (κ1) is 17.8. The van der Waals surface area contributed by atoms with Crippen LogP contribution in [0.15, 0.2) is 78.9 Å². The van der Waals surface area contributed by atoms with Gasteiger partial charge in [-0.3, -0.25) is 4.79 Å². The fraction of sp³-hybridized carbons (Fsp3) is 0.0435. The summed E-state index contributed by atoms with van der Waals surface area (Å²) in [7, 11) is 0. The largest absolute Gasteiger partial charge is 0.376 e. The lowest BCUT2D eigenvalue weighted by atomic mass is 10.1. The van der Waals surface area contributed by atoms with Gasteiger partial charge in [-0.25, -0.2) is 0 Å². The fourth-order valence-corrected chi connectivity index (χ4v) is 2.43. The molecule has 0 aromatic heterocycles. The molecule has 0 saturated heterocycles. The van der Waals surface area contributed by atoms with Crippen LogP contribution in [0.4, 0.5) is 11.4 Å². The van der Waals surface area contributed by atoms with Crippen LogP contribution >= 0.6 is 0 Å². The number of amides is 1. The lowest BCUT2D eigenvalue weighted by Gasteiger charge is -2.08. The zero-order chi connectivity index (χ0) is 18.9. The second-order valence-corrected chi connectivity index (χ2v) is 5.79. The highest BCUT2D eigenvalue weighted by Crippen LogP contribution is 2.11. The van der Waals surface area contributed by atoms with Crippen molar-refractivity contribution >= 4 is 17.3 Å². The Labute approximate surface area is 158 Å². The average Bonchev–Trinajstić information content (AvgIpc) is 2.72. The second kappa shape index (κ2) is 8.89. The highest BCUT2D eigenvalue weighted by atomic mass is 16.1. The van der Waals surface area contributed by atoms with Gasteiger partial charge in [0, 0.05) is 22.5 Å². The Morgan fingerprint density at radius 2 is 1.41 bits per heavy atom. The molecule has 0 heterocycles. The highest BCUT2D eigenvalue weighted by molar-refractivity contribution is 5.93. The number of nitriles is 1. The monoisotopic (exact) mass is 351 g/mol. The standard InChI is InChI=1S/C23H17N3O/c24-16-20-9-5-11-22(15-20)26-23(27)17-25-21-10-4-8-19(14-21)13-12-18-6-2-1-3-7-18/h1-11,14-15,25H,17H2,(H,26,27). The molecule has 27 heavy (non-hydrogen) atoms. The minimum Gasteiger partial charge on any atom is -0.376 e. The van der Waals surface area contributed by atoms with Crippen LogP contribution in [0.25, 0.3) is 0 Å². The first-order valence-corrected chi connectivity index (χ1v) is 8.44. The number of hydrogen-bond donors (Lipinski definition) is 2. The molecule has 0 spiro atoms. The normalized spacial score (nSPS) is 9.44.